The van der Waals surface area contributed by atoms with E-state index in [0.717, 1.165) is 40.7 Å². The van der Waals surface area contributed by atoms with Gasteiger partial charge in [0.2, 0.25) is 0 Å². The number of nitrogens with zero attached hydrogens (tertiary/aromatic N) is 2. The van der Waals surface area contributed by atoms with Gasteiger partial charge >= 0.3 is 5.97 Å². The first-order valence-corrected chi connectivity index (χ1v) is 11.3. The molecule has 1 fully saturated rings. The van der Waals surface area contributed by atoms with Crippen molar-refractivity contribution in [1.82, 2.24) is 9.88 Å². The second-order valence-corrected chi connectivity index (χ2v) is 8.92. The Hall–Kier alpha value is -2.73. The molecule has 2 aromatic heterocycles. The summed E-state index contributed by atoms with van der Waals surface area (Å²) in [7, 11) is 0. The predicted molar refractivity (Wildman–Crippen MR) is 120 cm³/mol. The number of amides is 1. The van der Waals surface area contributed by atoms with Crippen LogP contribution < -0.4 is 0 Å². The van der Waals surface area contributed by atoms with Gasteiger partial charge in [0.25, 0.3) is 5.91 Å². The van der Waals surface area contributed by atoms with Crippen molar-refractivity contribution in [1.29, 1.82) is 0 Å². The predicted octanol–water partition coefficient (Wildman–Crippen LogP) is 5.30. The first kappa shape index (κ1) is 20.5. The number of hydrogen-bond acceptors (Lipinski definition) is 5. The molecule has 6 heteroatoms. The zero-order valence-corrected chi connectivity index (χ0v) is 18.3. The molecule has 0 unspecified atom stereocenters. The van der Waals surface area contributed by atoms with Gasteiger partial charge in [-0.15, -0.1) is 11.3 Å². The number of benzene rings is 1. The Morgan fingerprint density at radius 1 is 1.13 bits per heavy atom. The Kier molecular flexibility index (Phi) is 5.86. The van der Waals surface area contributed by atoms with Crippen LogP contribution in [-0.4, -0.2) is 39.9 Å². The van der Waals surface area contributed by atoms with Crippen molar-refractivity contribution in [2.45, 2.75) is 58.2 Å². The zero-order chi connectivity index (χ0) is 21.3. The molecule has 30 heavy (non-hydrogen) atoms. The third kappa shape index (κ3) is 3.97. The van der Waals surface area contributed by atoms with E-state index in [1.165, 1.54) is 0 Å². The molecule has 3 heterocycles. The van der Waals surface area contributed by atoms with E-state index in [1.54, 1.807) is 24.3 Å². The van der Waals surface area contributed by atoms with Crippen LogP contribution in [0.5, 0.6) is 0 Å². The fraction of sp³-hybridized carbons (Fsp3) is 0.375. The molecule has 0 aliphatic carbocycles. The number of esters is 1. The summed E-state index contributed by atoms with van der Waals surface area (Å²) in [6, 6.07) is 13.5. The fourth-order valence-corrected chi connectivity index (χ4v) is 4.92. The molecule has 4 rings (SSSR count). The van der Waals surface area contributed by atoms with Crippen LogP contribution in [0.4, 0.5) is 0 Å². The van der Waals surface area contributed by atoms with Crippen molar-refractivity contribution >= 4 is 34.1 Å². The lowest BCUT2D eigenvalue weighted by Crippen LogP contribution is -2.51. The molecule has 5 nitrogen and oxygen atoms in total. The normalized spacial score (nSPS) is 20.2. The highest BCUT2D eigenvalue weighted by atomic mass is 32.1. The van der Waals surface area contributed by atoms with Gasteiger partial charge in [0.1, 0.15) is 0 Å². The van der Waals surface area contributed by atoms with Crippen LogP contribution in [-0.2, 0) is 9.53 Å². The fourth-order valence-electron chi connectivity index (χ4n) is 4.23. The highest BCUT2D eigenvalue weighted by Crippen LogP contribution is 2.29. The van der Waals surface area contributed by atoms with E-state index in [4.69, 9.17) is 9.72 Å². The number of fused-ring (bicyclic) bond motifs is 1. The third-order valence-electron chi connectivity index (χ3n) is 5.79. The molecule has 0 radical (unpaired) electrons. The lowest BCUT2D eigenvalue weighted by molar-refractivity contribution is -0.146. The second-order valence-electron chi connectivity index (χ2n) is 7.97. The number of aromatic nitrogens is 1. The van der Waals surface area contributed by atoms with Crippen LogP contribution in [0.1, 0.15) is 50.4 Å². The van der Waals surface area contributed by atoms with Crippen LogP contribution in [0.15, 0.2) is 47.8 Å². The number of carbonyl (C=O) groups excluding carboxylic acids is 2. The highest BCUT2D eigenvalue weighted by molar-refractivity contribution is 7.13. The van der Waals surface area contributed by atoms with Gasteiger partial charge in [-0.1, -0.05) is 24.3 Å². The molecule has 1 aliphatic rings. The van der Waals surface area contributed by atoms with Crippen molar-refractivity contribution in [2.75, 3.05) is 0 Å². The number of carbonyl (C=O) groups is 2. The summed E-state index contributed by atoms with van der Waals surface area (Å²) >= 11 is 1.57. The van der Waals surface area contributed by atoms with Gasteiger partial charge in [-0.3, -0.25) is 4.79 Å². The first-order valence-electron chi connectivity index (χ1n) is 10.4. The molecule has 0 spiro atoms. The van der Waals surface area contributed by atoms with E-state index in [0.29, 0.717) is 5.56 Å². The average molecular weight is 423 g/mol. The van der Waals surface area contributed by atoms with E-state index in [-0.39, 0.29) is 18.0 Å². The maximum atomic E-state index is 13.1. The SMILES string of the molecule is C[C@@H]1CCC[C@H](C)N1C(=O)[C@@H](C)OC(=O)c1cc(-c2cccs2)nc2ccccc12. The highest BCUT2D eigenvalue weighted by Gasteiger charge is 2.33. The number of para-hydroxylation sites is 1. The van der Waals surface area contributed by atoms with Crippen molar-refractivity contribution in [3.63, 3.8) is 0 Å². The summed E-state index contributed by atoms with van der Waals surface area (Å²) in [5.74, 6) is -0.621. The van der Waals surface area contributed by atoms with Gasteiger partial charge in [-0.05, 0) is 63.6 Å². The molecule has 3 aromatic rings. The summed E-state index contributed by atoms with van der Waals surface area (Å²) < 4.78 is 5.67. The number of ether oxygens (including phenoxy) is 1. The molecule has 0 saturated carbocycles. The van der Waals surface area contributed by atoms with E-state index < -0.39 is 12.1 Å². The van der Waals surface area contributed by atoms with E-state index in [9.17, 15) is 9.59 Å². The Morgan fingerprint density at radius 3 is 2.57 bits per heavy atom. The largest absolute Gasteiger partial charge is 0.449 e. The van der Waals surface area contributed by atoms with E-state index in [1.807, 2.05) is 46.7 Å². The minimum absolute atomic E-state index is 0.125. The first-order chi connectivity index (χ1) is 14.5. The zero-order valence-electron chi connectivity index (χ0n) is 17.5. The number of pyridine rings is 1. The Bertz CT molecular complexity index is 1050. The molecule has 156 valence electrons. The quantitative estimate of drug-likeness (QED) is 0.536. The maximum Gasteiger partial charge on any atom is 0.339 e. The smallest absolute Gasteiger partial charge is 0.339 e. The molecule has 3 atom stereocenters. The third-order valence-corrected chi connectivity index (χ3v) is 6.68. The Morgan fingerprint density at radius 2 is 1.87 bits per heavy atom. The topological polar surface area (TPSA) is 59.5 Å². The standard InChI is InChI=1S/C24H26N2O3S/c1-15-8-6-9-16(2)26(15)23(27)17(3)29-24(28)19-14-21(22-12-7-13-30-22)25-20-11-5-4-10-18(19)20/h4-5,7,10-17H,6,8-9H2,1-3H3/t15-,16+,17-/m1/s1. The summed E-state index contributed by atoms with van der Waals surface area (Å²) in [4.78, 5) is 33.7. The second kappa shape index (κ2) is 8.56. The number of hydrogen-bond donors (Lipinski definition) is 0. The molecule has 0 N–H and O–H groups in total. The summed E-state index contributed by atoms with van der Waals surface area (Å²) in [5.41, 5.74) is 1.89. The molecule has 1 aliphatic heterocycles. The van der Waals surface area contributed by atoms with Crippen molar-refractivity contribution in [3.05, 3.63) is 53.4 Å². The average Bonchev–Trinajstić information content (AvgIpc) is 3.27. The summed E-state index contributed by atoms with van der Waals surface area (Å²) in [6.07, 6.45) is 2.25. The molecule has 1 saturated heterocycles. The molecule has 0 bridgehead atoms. The minimum atomic E-state index is -0.836. The van der Waals surface area contributed by atoms with Crippen LogP contribution in [0.3, 0.4) is 0 Å². The molecule has 1 aromatic carbocycles. The van der Waals surface area contributed by atoms with Gasteiger partial charge in [0.15, 0.2) is 6.10 Å². The Labute approximate surface area is 180 Å². The van der Waals surface area contributed by atoms with Crippen molar-refractivity contribution < 1.29 is 14.3 Å². The molecule has 1 amide bonds. The lowest BCUT2D eigenvalue weighted by Gasteiger charge is -2.40. The number of thiophene rings is 1. The lowest BCUT2D eigenvalue weighted by atomic mass is 9.97. The van der Waals surface area contributed by atoms with Crippen LogP contribution in [0.2, 0.25) is 0 Å². The number of likely N-dealkylation sites (tertiary alicyclic amines) is 1. The maximum absolute atomic E-state index is 13.1. The van der Waals surface area contributed by atoms with E-state index in [2.05, 4.69) is 13.8 Å². The summed E-state index contributed by atoms with van der Waals surface area (Å²) in [6.45, 7) is 5.79. The number of piperidine rings is 1. The summed E-state index contributed by atoms with van der Waals surface area (Å²) in [5, 5.41) is 2.70. The van der Waals surface area contributed by atoms with Crippen LogP contribution >= 0.6 is 11.3 Å². The van der Waals surface area contributed by atoms with Crippen molar-refractivity contribution in [3.8, 4) is 10.6 Å². The van der Waals surface area contributed by atoms with Crippen LogP contribution in [0, 0.1) is 0 Å². The minimum Gasteiger partial charge on any atom is -0.449 e. The van der Waals surface area contributed by atoms with Gasteiger partial charge in [0, 0.05) is 17.5 Å². The molecular weight excluding hydrogens is 396 g/mol. The monoisotopic (exact) mass is 422 g/mol. The van der Waals surface area contributed by atoms with Gasteiger partial charge < -0.3 is 9.64 Å². The Balaban J connectivity index is 1.62. The van der Waals surface area contributed by atoms with Gasteiger partial charge in [-0.2, -0.15) is 0 Å². The van der Waals surface area contributed by atoms with Crippen LogP contribution in [0.25, 0.3) is 21.5 Å². The van der Waals surface area contributed by atoms with Crippen molar-refractivity contribution in [2.24, 2.45) is 0 Å². The van der Waals surface area contributed by atoms with Gasteiger partial charge in [-0.25, -0.2) is 9.78 Å². The van der Waals surface area contributed by atoms with Gasteiger partial charge in [0.05, 0.1) is 21.7 Å². The number of rotatable bonds is 4. The molecular formula is C24H26N2O3S. The van der Waals surface area contributed by atoms with E-state index >= 15 is 0 Å².